The fraction of sp³-hybridized carbons (Fsp3) is 0.455. The number of nitrogens with zero attached hydrogens (tertiary/aromatic N) is 3. The van der Waals surface area contributed by atoms with Gasteiger partial charge >= 0.3 is 0 Å². The zero-order valence-corrected chi connectivity index (χ0v) is 17.7. The van der Waals surface area contributed by atoms with Gasteiger partial charge in [-0.1, -0.05) is 6.07 Å². The van der Waals surface area contributed by atoms with Crippen molar-refractivity contribution in [3.05, 3.63) is 58.0 Å². The van der Waals surface area contributed by atoms with Crippen LogP contribution in [0.15, 0.2) is 41.8 Å². The van der Waals surface area contributed by atoms with Crippen LogP contribution in [0.4, 0.5) is 4.39 Å². The van der Waals surface area contributed by atoms with E-state index in [-0.39, 0.29) is 23.7 Å². The van der Waals surface area contributed by atoms with Crippen LogP contribution in [0.2, 0.25) is 0 Å². The Labute approximate surface area is 179 Å². The molecule has 2 amide bonds. The van der Waals surface area contributed by atoms with E-state index < -0.39 is 0 Å². The van der Waals surface area contributed by atoms with E-state index >= 15 is 0 Å². The number of hydrogen-bond acceptors (Lipinski definition) is 5. The highest BCUT2D eigenvalue weighted by Crippen LogP contribution is 2.16. The van der Waals surface area contributed by atoms with Crippen LogP contribution in [0.25, 0.3) is 0 Å². The van der Waals surface area contributed by atoms with Crippen molar-refractivity contribution in [1.82, 2.24) is 14.7 Å². The van der Waals surface area contributed by atoms with Gasteiger partial charge in [0.2, 0.25) is 0 Å². The Morgan fingerprint density at radius 3 is 2.60 bits per heavy atom. The summed E-state index contributed by atoms with van der Waals surface area (Å²) in [6.07, 6.45) is 0.847. The van der Waals surface area contributed by atoms with Crippen LogP contribution in [0.1, 0.15) is 26.5 Å². The number of thiophene rings is 1. The minimum atomic E-state index is -0.340. The second-order valence-corrected chi connectivity index (χ2v) is 8.62. The van der Waals surface area contributed by atoms with Crippen molar-refractivity contribution >= 4 is 23.2 Å². The Bertz CT molecular complexity index is 859. The zero-order chi connectivity index (χ0) is 20.9. The van der Waals surface area contributed by atoms with Gasteiger partial charge in [-0.2, -0.15) is 0 Å². The lowest BCUT2D eigenvalue weighted by atomic mass is 10.2. The van der Waals surface area contributed by atoms with Crippen LogP contribution in [0.3, 0.4) is 0 Å². The van der Waals surface area contributed by atoms with Crippen molar-refractivity contribution in [2.24, 2.45) is 0 Å². The summed E-state index contributed by atoms with van der Waals surface area (Å²) < 4.78 is 19.0. The molecular formula is C22H26FN3O3S. The van der Waals surface area contributed by atoms with Gasteiger partial charge in [-0.3, -0.25) is 14.5 Å². The van der Waals surface area contributed by atoms with Crippen molar-refractivity contribution < 1.29 is 18.7 Å². The first-order valence-corrected chi connectivity index (χ1v) is 11.2. The van der Waals surface area contributed by atoms with Crippen molar-refractivity contribution in [3.8, 4) is 0 Å². The molecule has 0 radical (unpaired) electrons. The van der Waals surface area contributed by atoms with Gasteiger partial charge in [-0.15, -0.1) is 11.3 Å². The molecule has 0 N–H and O–H groups in total. The van der Waals surface area contributed by atoms with E-state index in [1.54, 1.807) is 0 Å². The second-order valence-electron chi connectivity index (χ2n) is 7.67. The van der Waals surface area contributed by atoms with Gasteiger partial charge in [-0.05, 0) is 48.7 Å². The highest BCUT2D eigenvalue weighted by atomic mass is 32.1. The first-order valence-electron chi connectivity index (χ1n) is 10.3. The van der Waals surface area contributed by atoms with E-state index in [0.29, 0.717) is 38.3 Å². The number of halogens is 1. The molecule has 1 atom stereocenters. The van der Waals surface area contributed by atoms with Crippen LogP contribution >= 0.6 is 11.3 Å². The van der Waals surface area contributed by atoms with Crippen LogP contribution in [0.5, 0.6) is 0 Å². The number of hydrogen-bond donors (Lipinski definition) is 0. The number of ether oxygens (including phenoxy) is 1. The molecule has 2 aliphatic heterocycles. The molecule has 3 heterocycles. The van der Waals surface area contributed by atoms with Gasteiger partial charge in [-0.25, -0.2) is 4.39 Å². The number of carbonyl (C=O) groups is 2. The Hall–Kier alpha value is -2.29. The van der Waals surface area contributed by atoms with E-state index in [4.69, 9.17) is 4.74 Å². The van der Waals surface area contributed by atoms with Gasteiger partial charge < -0.3 is 14.5 Å². The first kappa shape index (κ1) is 21.0. The molecule has 1 aromatic heterocycles. The minimum Gasteiger partial charge on any atom is -0.373 e. The van der Waals surface area contributed by atoms with Crippen LogP contribution in [-0.2, 0) is 4.74 Å². The lowest BCUT2D eigenvalue weighted by Gasteiger charge is -2.35. The van der Waals surface area contributed by atoms with E-state index in [1.807, 2.05) is 27.3 Å². The molecule has 1 aromatic carbocycles. The fourth-order valence-corrected chi connectivity index (χ4v) is 4.68. The normalized spacial score (nSPS) is 20.8. The third-order valence-electron chi connectivity index (χ3n) is 5.59. The maximum absolute atomic E-state index is 13.1. The fourth-order valence-electron chi connectivity index (χ4n) is 3.99. The summed E-state index contributed by atoms with van der Waals surface area (Å²) in [5, 5.41) is 1.92. The maximum Gasteiger partial charge on any atom is 0.264 e. The third-order valence-corrected chi connectivity index (χ3v) is 6.44. The van der Waals surface area contributed by atoms with E-state index in [1.165, 1.54) is 35.6 Å². The Balaban J connectivity index is 1.30. The van der Waals surface area contributed by atoms with Crippen LogP contribution in [-0.4, -0.2) is 85.0 Å². The molecule has 8 heteroatoms. The van der Waals surface area contributed by atoms with Gasteiger partial charge in [0.25, 0.3) is 11.8 Å². The second kappa shape index (κ2) is 9.68. The minimum absolute atomic E-state index is 0.0259. The molecule has 0 aliphatic carbocycles. The summed E-state index contributed by atoms with van der Waals surface area (Å²) >= 11 is 1.47. The molecule has 0 spiro atoms. The molecule has 2 aliphatic rings. The SMILES string of the molecule is O=C(c1ccc(F)cc1)N1CCCN(CC2CN(C(=O)c3cccs3)CCO2)CC1. The van der Waals surface area contributed by atoms with Crippen molar-refractivity contribution in [1.29, 1.82) is 0 Å². The summed E-state index contributed by atoms with van der Waals surface area (Å²) in [7, 11) is 0. The molecule has 4 rings (SSSR count). The zero-order valence-electron chi connectivity index (χ0n) is 16.8. The average Bonchev–Trinajstić information content (AvgIpc) is 3.21. The molecule has 0 saturated carbocycles. The summed E-state index contributed by atoms with van der Waals surface area (Å²) in [6, 6.07) is 9.47. The molecule has 0 bridgehead atoms. The van der Waals surface area contributed by atoms with Gasteiger partial charge in [0.05, 0.1) is 17.6 Å². The first-order chi connectivity index (χ1) is 14.6. The number of rotatable bonds is 4. The molecular weight excluding hydrogens is 405 g/mol. The lowest BCUT2D eigenvalue weighted by molar-refractivity contribution is -0.0351. The number of carbonyl (C=O) groups excluding carboxylic acids is 2. The van der Waals surface area contributed by atoms with E-state index in [9.17, 15) is 14.0 Å². The maximum atomic E-state index is 13.1. The van der Waals surface area contributed by atoms with Gasteiger partial charge in [0.15, 0.2) is 0 Å². The molecule has 2 saturated heterocycles. The Kier molecular flexibility index (Phi) is 6.76. The van der Waals surface area contributed by atoms with E-state index in [0.717, 1.165) is 30.9 Å². The predicted molar refractivity (Wildman–Crippen MR) is 113 cm³/mol. The number of amides is 2. The summed E-state index contributed by atoms with van der Waals surface area (Å²) in [4.78, 5) is 32.1. The smallest absolute Gasteiger partial charge is 0.264 e. The van der Waals surface area contributed by atoms with Crippen molar-refractivity contribution in [2.75, 3.05) is 52.4 Å². The van der Waals surface area contributed by atoms with Crippen molar-refractivity contribution in [3.63, 3.8) is 0 Å². The summed E-state index contributed by atoms with van der Waals surface area (Å²) in [5.41, 5.74) is 0.517. The quantitative estimate of drug-likeness (QED) is 0.747. The predicted octanol–water partition coefficient (Wildman–Crippen LogP) is 2.58. The monoisotopic (exact) mass is 431 g/mol. The lowest BCUT2D eigenvalue weighted by Crippen LogP contribution is -2.50. The molecule has 2 aromatic rings. The Morgan fingerprint density at radius 2 is 1.83 bits per heavy atom. The number of benzene rings is 1. The molecule has 30 heavy (non-hydrogen) atoms. The highest BCUT2D eigenvalue weighted by Gasteiger charge is 2.28. The van der Waals surface area contributed by atoms with Crippen LogP contribution in [0, 0.1) is 5.82 Å². The van der Waals surface area contributed by atoms with Crippen LogP contribution < -0.4 is 0 Å². The summed E-state index contributed by atoms with van der Waals surface area (Å²) in [6.45, 7) is 5.44. The molecule has 1 unspecified atom stereocenters. The average molecular weight is 432 g/mol. The highest BCUT2D eigenvalue weighted by molar-refractivity contribution is 7.12. The molecule has 160 valence electrons. The molecule has 6 nitrogen and oxygen atoms in total. The van der Waals surface area contributed by atoms with Gasteiger partial charge in [0.1, 0.15) is 5.82 Å². The topological polar surface area (TPSA) is 53.1 Å². The van der Waals surface area contributed by atoms with E-state index in [2.05, 4.69) is 4.90 Å². The molecule has 2 fully saturated rings. The summed E-state index contributed by atoms with van der Waals surface area (Å²) in [5.74, 6) is -0.323. The Morgan fingerprint density at radius 1 is 1.00 bits per heavy atom. The largest absolute Gasteiger partial charge is 0.373 e. The third kappa shape index (κ3) is 5.06. The number of morpholine rings is 1. The van der Waals surface area contributed by atoms with Gasteiger partial charge in [0, 0.05) is 44.8 Å². The van der Waals surface area contributed by atoms with Crippen molar-refractivity contribution in [2.45, 2.75) is 12.5 Å². The standard InChI is InChI=1S/C22H26FN3O3S/c23-18-6-4-17(5-7-18)21(27)25-9-2-8-24(10-11-25)15-19-16-26(12-13-29-19)22(28)20-3-1-14-30-20/h1,3-7,14,19H,2,8-13,15-16H2.